The van der Waals surface area contributed by atoms with Gasteiger partial charge in [-0.1, -0.05) is 30.3 Å². The zero-order chi connectivity index (χ0) is 20.1. The molecule has 1 aromatic rings. The largest absolute Gasteiger partial charge is 0.444 e. The number of benzene rings is 1. The van der Waals surface area contributed by atoms with Crippen LogP contribution < -0.4 is 16.0 Å². The van der Waals surface area contributed by atoms with Crippen LogP contribution in [0.1, 0.15) is 45.2 Å². The number of unbranched alkanes of at least 4 members (excludes halogenated alkanes) is 1. The number of carbonyl (C=O) groups excluding carboxylic acids is 1. The molecule has 0 radical (unpaired) electrons. The number of alkyl carbamates (subject to hydrolysis) is 1. The van der Waals surface area contributed by atoms with E-state index in [9.17, 15) is 4.79 Å². The maximum absolute atomic E-state index is 12.2. The topological polar surface area (TPSA) is 74.8 Å². The highest BCUT2D eigenvalue weighted by Crippen LogP contribution is 2.14. The molecule has 8 heteroatoms. The van der Waals surface area contributed by atoms with Crippen molar-refractivity contribution in [2.24, 2.45) is 4.99 Å². The molecule has 1 atom stereocenters. The molecule has 0 aromatic heterocycles. The molecule has 1 amide bonds. The van der Waals surface area contributed by atoms with E-state index in [1.165, 1.54) is 12.2 Å². The Labute approximate surface area is 191 Å². The first-order chi connectivity index (χ1) is 12.9. The van der Waals surface area contributed by atoms with Crippen LogP contribution in [0, 0.1) is 0 Å². The third-order valence-corrected chi connectivity index (χ3v) is 4.35. The highest BCUT2D eigenvalue weighted by atomic mass is 127. The van der Waals surface area contributed by atoms with Crippen molar-refractivity contribution in [1.29, 1.82) is 0 Å². The third-order valence-electron chi connectivity index (χ3n) is 3.66. The lowest BCUT2D eigenvalue weighted by Gasteiger charge is -2.24. The second-order valence-corrected chi connectivity index (χ2v) is 8.17. The smallest absolute Gasteiger partial charge is 0.408 e. The molecule has 1 rings (SSSR count). The van der Waals surface area contributed by atoms with Crippen LogP contribution in [0.3, 0.4) is 0 Å². The molecule has 0 saturated carbocycles. The van der Waals surface area contributed by atoms with Gasteiger partial charge in [0.2, 0.25) is 0 Å². The summed E-state index contributed by atoms with van der Waals surface area (Å²) in [6.45, 7) is 6.94. The lowest BCUT2D eigenvalue weighted by molar-refractivity contribution is 0.0504. The molecule has 28 heavy (non-hydrogen) atoms. The lowest BCUT2D eigenvalue weighted by Crippen LogP contribution is -2.44. The highest BCUT2D eigenvalue weighted by molar-refractivity contribution is 14.0. The van der Waals surface area contributed by atoms with E-state index < -0.39 is 11.7 Å². The molecular weight excluding hydrogens is 487 g/mol. The average Bonchev–Trinajstić information content (AvgIpc) is 2.62. The molecule has 0 bridgehead atoms. The number of guanidine groups is 1. The van der Waals surface area contributed by atoms with E-state index in [4.69, 9.17) is 4.74 Å². The van der Waals surface area contributed by atoms with Crippen LogP contribution in [0.2, 0.25) is 0 Å². The molecule has 6 nitrogen and oxygen atoms in total. The zero-order valence-electron chi connectivity index (χ0n) is 17.6. The molecule has 160 valence electrons. The summed E-state index contributed by atoms with van der Waals surface area (Å²) >= 11 is 1.86. The van der Waals surface area contributed by atoms with Crippen molar-refractivity contribution in [3.63, 3.8) is 0 Å². The van der Waals surface area contributed by atoms with E-state index in [-0.39, 0.29) is 30.0 Å². The number of nitrogens with one attached hydrogen (secondary N) is 3. The molecular formula is C20H35IN4O2S. The fourth-order valence-electron chi connectivity index (χ4n) is 2.38. The standard InChI is InChI=1S/C20H34N4O2S.HI/c1-20(2,3)26-19(25)24-17(16-11-7-6-8-12-16)15-23-18(21-4)22-13-9-10-14-27-5;/h6-8,11-12,17H,9-10,13-15H2,1-5H3,(H,24,25)(H2,21,22,23);1H. The van der Waals surface area contributed by atoms with Gasteiger partial charge in [0.05, 0.1) is 6.04 Å². The number of aliphatic imine (C=N–C) groups is 1. The minimum atomic E-state index is -0.535. The Morgan fingerprint density at radius 3 is 2.43 bits per heavy atom. The Morgan fingerprint density at radius 2 is 1.86 bits per heavy atom. The van der Waals surface area contributed by atoms with Gasteiger partial charge in [0.1, 0.15) is 5.60 Å². The van der Waals surface area contributed by atoms with Crippen LogP contribution in [-0.2, 0) is 4.74 Å². The Balaban J connectivity index is 0.00000729. The van der Waals surface area contributed by atoms with Crippen LogP contribution in [-0.4, -0.2) is 49.8 Å². The minimum Gasteiger partial charge on any atom is -0.444 e. The van der Waals surface area contributed by atoms with E-state index in [1.54, 1.807) is 7.05 Å². The first-order valence-electron chi connectivity index (χ1n) is 9.33. The molecule has 0 aliphatic heterocycles. The van der Waals surface area contributed by atoms with E-state index in [0.29, 0.717) is 6.54 Å². The SMILES string of the molecule is CN=C(NCCCCSC)NCC(NC(=O)OC(C)(C)C)c1ccccc1.I. The van der Waals surface area contributed by atoms with E-state index in [2.05, 4.69) is 27.2 Å². The molecule has 3 N–H and O–H groups in total. The maximum atomic E-state index is 12.2. The van der Waals surface area contributed by atoms with E-state index in [1.807, 2.05) is 62.9 Å². The zero-order valence-corrected chi connectivity index (χ0v) is 20.7. The van der Waals surface area contributed by atoms with E-state index in [0.717, 1.165) is 24.5 Å². The number of hydrogen-bond acceptors (Lipinski definition) is 4. The summed E-state index contributed by atoms with van der Waals surface area (Å²) in [6.07, 6.45) is 3.96. The second kappa shape index (κ2) is 14.8. The average molecular weight is 522 g/mol. The number of carbonyl (C=O) groups is 1. The molecule has 1 aromatic carbocycles. The molecule has 0 aliphatic carbocycles. The number of thioether (sulfide) groups is 1. The van der Waals surface area contributed by atoms with Crippen molar-refractivity contribution in [1.82, 2.24) is 16.0 Å². The number of amides is 1. The minimum absolute atomic E-state index is 0. The van der Waals surface area contributed by atoms with Gasteiger partial charge < -0.3 is 20.7 Å². The molecule has 0 spiro atoms. The second-order valence-electron chi connectivity index (χ2n) is 7.19. The Kier molecular flexibility index (Phi) is 14.2. The molecule has 0 aliphatic rings. The lowest BCUT2D eigenvalue weighted by atomic mass is 10.1. The fraction of sp³-hybridized carbons (Fsp3) is 0.600. The van der Waals surface area contributed by atoms with Crippen LogP contribution in [0.15, 0.2) is 35.3 Å². The van der Waals surface area contributed by atoms with Gasteiger partial charge in [0.25, 0.3) is 0 Å². The van der Waals surface area contributed by atoms with Gasteiger partial charge in [-0.15, -0.1) is 24.0 Å². The third kappa shape index (κ3) is 12.3. The van der Waals surface area contributed by atoms with Crippen molar-refractivity contribution in [2.45, 2.75) is 45.3 Å². The monoisotopic (exact) mass is 522 g/mol. The van der Waals surface area contributed by atoms with Gasteiger partial charge in [-0.2, -0.15) is 11.8 Å². The molecule has 1 unspecified atom stereocenters. The van der Waals surface area contributed by atoms with Crippen molar-refractivity contribution in [3.05, 3.63) is 35.9 Å². The Bertz CT molecular complexity index is 579. The summed E-state index contributed by atoms with van der Waals surface area (Å²) in [4.78, 5) is 16.5. The van der Waals surface area contributed by atoms with Crippen molar-refractivity contribution in [2.75, 3.05) is 32.1 Å². The van der Waals surface area contributed by atoms with Crippen molar-refractivity contribution < 1.29 is 9.53 Å². The highest BCUT2D eigenvalue weighted by Gasteiger charge is 2.20. The molecule has 0 fully saturated rings. The Morgan fingerprint density at radius 1 is 1.18 bits per heavy atom. The number of halogens is 1. The van der Waals surface area contributed by atoms with Gasteiger partial charge in [-0.05, 0) is 51.2 Å². The molecule has 0 heterocycles. The summed E-state index contributed by atoms with van der Waals surface area (Å²) < 4.78 is 5.40. The maximum Gasteiger partial charge on any atom is 0.408 e. The number of nitrogens with zero attached hydrogens (tertiary/aromatic N) is 1. The first-order valence-corrected chi connectivity index (χ1v) is 10.7. The Hall–Kier alpha value is -1.16. The fourth-order valence-corrected chi connectivity index (χ4v) is 2.88. The number of hydrogen-bond donors (Lipinski definition) is 3. The first kappa shape index (κ1) is 26.8. The summed E-state index contributed by atoms with van der Waals surface area (Å²) in [7, 11) is 1.75. The van der Waals surface area contributed by atoms with Gasteiger partial charge in [0, 0.05) is 20.1 Å². The van der Waals surface area contributed by atoms with Gasteiger partial charge in [-0.25, -0.2) is 4.79 Å². The summed E-state index contributed by atoms with van der Waals surface area (Å²) in [5, 5.41) is 9.55. The summed E-state index contributed by atoms with van der Waals surface area (Å²) in [6, 6.07) is 9.62. The van der Waals surface area contributed by atoms with Crippen LogP contribution in [0.4, 0.5) is 4.79 Å². The van der Waals surface area contributed by atoms with Gasteiger partial charge in [-0.3, -0.25) is 4.99 Å². The predicted molar refractivity (Wildman–Crippen MR) is 131 cm³/mol. The molecule has 0 saturated heterocycles. The van der Waals surface area contributed by atoms with Crippen LogP contribution in [0.25, 0.3) is 0 Å². The van der Waals surface area contributed by atoms with Crippen LogP contribution in [0.5, 0.6) is 0 Å². The summed E-state index contributed by atoms with van der Waals surface area (Å²) in [5.41, 5.74) is 0.471. The van der Waals surface area contributed by atoms with E-state index >= 15 is 0 Å². The van der Waals surface area contributed by atoms with Gasteiger partial charge in [0.15, 0.2) is 5.96 Å². The number of ether oxygens (including phenoxy) is 1. The number of rotatable bonds is 9. The van der Waals surface area contributed by atoms with Crippen LogP contribution >= 0.6 is 35.7 Å². The normalized spacial score (nSPS) is 12.5. The summed E-state index contributed by atoms with van der Waals surface area (Å²) in [5.74, 6) is 1.90. The predicted octanol–water partition coefficient (Wildman–Crippen LogP) is 4.18. The van der Waals surface area contributed by atoms with Crippen molar-refractivity contribution >= 4 is 47.8 Å². The van der Waals surface area contributed by atoms with Crippen molar-refractivity contribution in [3.8, 4) is 0 Å². The van der Waals surface area contributed by atoms with Gasteiger partial charge >= 0.3 is 6.09 Å². The quantitative estimate of drug-likeness (QED) is 0.197.